The number of rotatable bonds is 6. The second kappa shape index (κ2) is 8.46. The molecule has 1 aliphatic rings. The Morgan fingerprint density at radius 2 is 2.07 bits per heavy atom. The molecule has 1 aromatic carbocycles. The van der Waals surface area contributed by atoms with Gasteiger partial charge in [-0.2, -0.15) is 0 Å². The number of benzene rings is 1. The average molecular weight is 448 g/mol. The number of pyridine rings is 1. The third-order valence-corrected chi connectivity index (χ3v) is 5.94. The smallest absolute Gasteiger partial charge is 0.140 e. The molecule has 1 atom stereocenters. The zero-order chi connectivity index (χ0) is 18.6. The summed E-state index contributed by atoms with van der Waals surface area (Å²) >= 11 is 5.04. The summed E-state index contributed by atoms with van der Waals surface area (Å²) in [6, 6.07) is 10.5. The number of hydrogen-bond donors (Lipinski definition) is 0. The van der Waals surface area contributed by atoms with Crippen LogP contribution in [-0.4, -0.2) is 21.4 Å². The lowest BCUT2D eigenvalue weighted by Crippen LogP contribution is -2.23. The number of halogens is 2. The molecule has 27 heavy (non-hydrogen) atoms. The maximum atomic E-state index is 12.9. The summed E-state index contributed by atoms with van der Waals surface area (Å²) < 4.78 is 19.6. The second-order valence-electron chi connectivity index (χ2n) is 6.50. The number of likely N-dealkylation sites (tertiary alicyclic amines) is 1. The summed E-state index contributed by atoms with van der Waals surface area (Å²) in [5, 5.41) is 3.01. The fraction of sp³-hybridized carbons (Fsp3) is 0.300. The van der Waals surface area contributed by atoms with Crippen LogP contribution in [-0.2, 0) is 13.2 Å². The molecule has 0 spiro atoms. The predicted octanol–water partition coefficient (Wildman–Crippen LogP) is 5.36. The topological polar surface area (TPSA) is 38.2 Å². The van der Waals surface area contributed by atoms with Gasteiger partial charge in [-0.3, -0.25) is 9.88 Å². The van der Waals surface area contributed by atoms with Crippen molar-refractivity contribution in [1.29, 1.82) is 0 Å². The Balaban J connectivity index is 1.36. The van der Waals surface area contributed by atoms with Gasteiger partial charge in [0.15, 0.2) is 0 Å². The molecule has 0 N–H and O–H groups in total. The highest BCUT2D eigenvalue weighted by molar-refractivity contribution is 9.10. The van der Waals surface area contributed by atoms with Gasteiger partial charge in [-0.15, -0.1) is 11.3 Å². The van der Waals surface area contributed by atoms with Gasteiger partial charge in [0.2, 0.25) is 0 Å². The van der Waals surface area contributed by atoms with Crippen LogP contribution in [0, 0.1) is 5.82 Å². The van der Waals surface area contributed by atoms with E-state index in [0.717, 1.165) is 40.4 Å². The van der Waals surface area contributed by atoms with Crippen LogP contribution in [0.4, 0.5) is 4.39 Å². The van der Waals surface area contributed by atoms with Gasteiger partial charge in [0.1, 0.15) is 23.2 Å². The molecule has 0 bridgehead atoms. The van der Waals surface area contributed by atoms with Crippen LogP contribution < -0.4 is 4.74 Å². The van der Waals surface area contributed by atoms with Crippen molar-refractivity contribution in [2.75, 3.05) is 6.54 Å². The monoisotopic (exact) mass is 447 g/mol. The van der Waals surface area contributed by atoms with Gasteiger partial charge in [-0.05, 0) is 71.7 Å². The Bertz CT molecular complexity index is 885. The van der Waals surface area contributed by atoms with E-state index in [0.29, 0.717) is 18.4 Å². The van der Waals surface area contributed by atoms with Gasteiger partial charge in [0.05, 0.1) is 17.4 Å². The lowest BCUT2D eigenvalue weighted by molar-refractivity contribution is 0.241. The van der Waals surface area contributed by atoms with E-state index < -0.39 is 0 Å². The van der Waals surface area contributed by atoms with Crippen molar-refractivity contribution in [1.82, 2.24) is 14.9 Å². The van der Waals surface area contributed by atoms with Crippen molar-refractivity contribution < 1.29 is 9.13 Å². The molecule has 1 aliphatic heterocycles. The van der Waals surface area contributed by atoms with Crippen LogP contribution >= 0.6 is 27.3 Å². The third-order valence-electron chi connectivity index (χ3n) is 4.60. The van der Waals surface area contributed by atoms with Gasteiger partial charge in [-0.25, -0.2) is 9.37 Å². The molecule has 4 nitrogen and oxygen atoms in total. The second-order valence-corrected chi connectivity index (χ2v) is 8.36. The first-order chi connectivity index (χ1) is 13.2. The third kappa shape index (κ3) is 4.72. The maximum absolute atomic E-state index is 12.9. The average Bonchev–Trinajstić information content (AvgIpc) is 3.32. The molecule has 0 aliphatic carbocycles. The maximum Gasteiger partial charge on any atom is 0.140 e. The van der Waals surface area contributed by atoms with Crippen molar-refractivity contribution >= 4 is 27.3 Å². The molecule has 3 heterocycles. The van der Waals surface area contributed by atoms with Gasteiger partial charge in [-0.1, -0.05) is 0 Å². The molecule has 4 rings (SSSR count). The van der Waals surface area contributed by atoms with Gasteiger partial charge < -0.3 is 4.74 Å². The minimum Gasteiger partial charge on any atom is -0.486 e. The van der Waals surface area contributed by atoms with E-state index in [9.17, 15) is 4.39 Å². The molecule has 0 amide bonds. The van der Waals surface area contributed by atoms with E-state index in [1.165, 1.54) is 18.6 Å². The lowest BCUT2D eigenvalue weighted by Gasteiger charge is -2.23. The summed E-state index contributed by atoms with van der Waals surface area (Å²) in [5.74, 6) is 0.383. The van der Waals surface area contributed by atoms with E-state index in [1.54, 1.807) is 23.5 Å². The van der Waals surface area contributed by atoms with Crippen molar-refractivity contribution in [2.24, 2.45) is 0 Å². The highest BCUT2D eigenvalue weighted by Gasteiger charge is 2.27. The van der Waals surface area contributed by atoms with Gasteiger partial charge >= 0.3 is 0 Å². The SMILES string of the molecule is Fc1ccc(OCc2nc(CN3CCC[C@H]3c3ccc(Br)cn3)cs2)cc1. The fourth-order valence-electron chi connectivity index (χ4n) is 3.31. The summed E-state index contributed by atoms with van der Waals surface area (Å²) in [5.41, 5.74) is 2.17. The number of thiazole rings is 1. The standard InChI is InChI=1S/C20H19BrFN3OS/c21-14-3-8-18(23-10-14)19-2-1-9-25(19)11-16-13-27-20(24-16)12-26-17-6-4-15(22)5-7-17/h3-8,10,13,19H,1-2,9,11-12H2/t19-/m0/s1. The normalized spacial score (nSPS) is 17.3. The van der Waals surface area contributed by atoms with Crippen LogP contribution in [0.2, 0.25) is 0 Å². The van der Waals surface area contributed by atoms with E-state index >= 15 is 0 Å². The van der Waals surface area contributed by atoms with Crippen LogP contribution in [0.25, 0.3) is 0 Å². The minimum atomic E-state index is -0.265. The Kier molecular flexibility index (Phi) is 5.80. The van der Waals surface area contributed by atoms with Crippen molar-refractivity contribution in [2.45, 2.75) is 32.0 Å². The van der Waals surface area contributed by atoms with Gasteiger partial charge in [0, 0.05) is 22.6 Å². The molecule has 0 radical (unpaired) electrons. The Labute approximate surface area is 170 Å². The number of nitrogens with zero attached hydrogens (tertiary/aromatic N) is 3. The van der Waals surface area contributed by atoms with Crippen molar-refractivity contribution in [3.05, 3.63) is 74.7 Å². The molecule has 3 aromatic rings. The first-order valence-corrected chi connectivity index (χ1v) is 10.5. The van der Waals surface area contributed by atoms with Crippen molar-refractivity contribution in [3.63, 3.8) is 0 Å². The van der Waals surface area contributed by atoms with Crippen LogP contribution in [0.1, 0.15) is 35.3 Å². The molecular weight excluding hydrogens is 429 g/mol. The molecule has 7 heteroatoms. The Hall–Kier alpha value is -1.83. The van der Waals surface area contributed by atoms with E-state index in [4.69, 9.17) is 9.72 Å². The Morgan fingerprint density at radius 1 is 1.22 bits per heavy atom. The summed E-state index contributed by atoms with van der Waals surface area (Å²) in [6.07, 6.45) is 4.16. The number of ether oxygens (including phenoxy) is 1. The quantitative estimate of drug-likeness (QED) is 0.509. The molecule has 0 saturated carbocycles. The molecule has 0 unspecified atom stereocenters. The zero-order valence-corrected chi connectivity index (χ0v) is 17.0. The Morgan fingerprint density at radius 3 is 2.85 bits per heavy atom. The van der Waals surface area contributed by atoms with Crippen LogP contribution in [0.5, 0.6) is 5.75 Å². The highest BCUT2D eigenvalue weighted by atomic mass is 79.9. The first kappa shape index (κ1) is 18.5. The number of hydrogen-bond acceptors (Lipinski definition) is 5. The van der Waals surface area contributed by atoms with Gasteiger partial charge in [0.25, 0.3) is 0 Å². The van der Waals surface area contributed by atoms with Crippen LogP contribution in [0.15, 0.2) is 52.4 Å². The lowest BCUT2D eigenvalue weighted by atomic mass is 10.1. The largest absolute Gasteiger partial charge is 0.486 e. The van der Waals surface area contributed by atoms with Crippen molar-refractivity contribution in [3.8, 4) is 5.75 Å². The molecule has 1 saturated heterocycles. The van der Waals surface area contributed by atoms with E-state index in [-0.39, 0.29) is 5.82 Å². The fourth-order valence-corrected chi connectivity index (χ4v) is 4.24. The summed E-state index contributed by atoms with van der Waals surface area (Å²) in [7, 11) is 0. The molecule has 1 fully saturated rings. The molecule has 2 aromatic heterocycles. The minimum absolute atomic E-state index is 0.265. The van der Waals surface area contributed by atoms with E-state index in [2.05, 4.69) is 37.3 Å². The summed E-state index contributed by atoms with van der Waals surface area (Å²) in [4.78, 5) is 11.7. The highest BCUT2D eigenvalue weighted by Crippen LogP contribution is 2.32. The zero-order valence-electron chi connectivity index (χ0n) is 14.6. The van der Waals surface area contributed by atoms with E-state index in [1.807, 2.05) is 12.3 Å². The number of aromatic nitrogens is 2. The molecule has 140 valence electrons. The summed E-state index contributed by atoms with van der Waals surface area (Å²) in [6.45, 7) is 2.27. The van der Waals surface area contributed by atoms with Crippen LogP contribution in [0.3, 0.4) is 0 Å². The first-order valence-electron chi connectivity index (χ1n) is 8.84. The predicted molar refractivity (Wildman–Crippen MR) is 107 cm³/mol. The molecular formula is C20H19BrFN3OS.